The predicted molar refractivity (Wildman–Crippen MR) is 122 cm³/mol. The summed E-state index contributed by atoms with van der Waals surface area (Å²) in [4.78, 5) is 27.7. The number of urea groups is 1. The molecule has 0 unspecified atom stereocenters. The summed E-state index contributed by atoms with van der Waals surface area (Å²) in [5.41, 5.74) is 3.94. The van der Waals surface area contributed by atoms with Crippen molar-refractivity contribution < 1.29 is 9.59 Å². The molecule has 6 nitrogen and oxygen atoms in total. The lowest BCUT2D eigenvalue weighted by atomic mass is 10.1. The van der Waals surface area contributed by atoms with E-state index in [-0.39, 0.29) is 11.9 Å². The number of amides is 3. The van der Waals surface area contributed by atoms with E-state index in [1.54, 1.807) is 17.0 Å². The molecule has 3 aromatic rings. The molecule has 0 aromatic heterocycles. The van der Waals surface area contributed by atoms with E-state index >= 15 is 0 Å². The average molecular weight is 429 g/mol. The molecule has 154 valence electrons. The van der Waals surface area contributed by atoms with Crippen molar-refractivity contribution in [1.82, 2.24) is 5.32 Å². The van der Waals surface area contributed by atoms with Crippen molar-refractivity contribution in [2.24, 2.45) is 0 Å². The van der Waals surface area contributed by atoms with E-state index in [9.17, 15) is 9.59 Å². The Labute approximate surface area is 184 Å². The molecular weight excluding hydrogens is 408 g/mol. The van der Waals surface area contributed by atoms with Crippen LogP contribution >= 0.6 is 11.8 Å². The van der Waals surface area contributed by atoms with Crippen LogP contribution in [0.25, 0.3) is 0 Å². The van der Waals surface area contributed by atoms with Gasteiger partial charge in [0.05, 0.1) is 29.6 Å². The van der Waals surface area contributed by atoms with Crippen molar-refractivity contribution in [1.29, 1.82) is 5.26 Å². The van der Waals surface area contributed by atoms with Gasteiger partial charge >= 0.3 is 6.03 Å². The Kier molecular flexibility index (Phi) is 6.20. The fourth-order valence-electron chi connectivity index (χ4n) is 3.27. The standard InChI is InChI=1S/C24H20N4O2S/c25-13-17-6-8-18(9-7-17)14-26-24(30)27-20-10-11-22-21(12-20)28(23(29)16-31-22)15-19-4-2-1-3-5-19/h1-12H,14-16H2,(H2,26,27,30). The predicted octanol–water partition coefficient (Wildman–Crippen LogP) is 4.52. The Morgan fingerprint density at radius 2 is 1.81 bits per heavy atom. The minimum absolute atomic E-state index is 0.0452. The van der Waals surface area contributed by atoms with Crippen LogP contribution in [-0.4, -0.2) is 17.7 Å². The van der Waals surface area contributed by atoms with Crippen molar-refractivity contribution in [2.45, 2.75) is 18.0 Å². The summed E-state index contributed by atoms with van der Waals surface area (Å²) in [6.45, 7) is 0.832. The first kappa shape index (κ1) is 20.5. The Morgan fingerprint density at radius 1 is 1.03 bits per heavy atom. The lowest BCUT2D eigenvalue weighted by molar-refractivity contribution is -0.116. The van der Waals surface area contributed by atoms with Crippen molar-refractivity contribution in [2.75, 3.05) is 16.0 Å². The molecule has 0 saturated heterocycles. The lowest BCUT2D eigenvalue weighted by Crippen LogP contribution is -2.35. The fraction of sp³-hybridized carbons (Fsp3) is 0.125. The molecule has 1 aliphatic heterocycles. The number of hydrogen-bond acceptors (Lipinski definition) is 4. The zero-order valence-corrected chi connectivity index (χ0v) is 17.5. The summed E-state index contributed by atoms with van der Waals surface area (Å²) in [6.07, 6.45) is 0. The Hall–Kier alpha value is -3.76. The van der Waals surface area contributed by atoms with Gasteiger partial charge in [0.25, 0.3) is 0 Å². The number of nitrogens with zero attached hydrogens (tertiary/aromatic N) is 2. The van der Waals surface area contributed by atoms with Crippen molar-refractivity contribution >= 4 is 35.1 Å². The minimum Gasteiger partial charge on any atom is -0.334 e. The van der Waals surface area contributed by atoms with Gasteiger partial charge in [0, 0.05) is 17.1 Å². The minimum atomic E-state index is -0.339. The van der Waals surface area contributed by atoms with Gasteiger partial charge in [0.1, 0.15) is 0 Å². The van der Waals surface area contributed by atoms with Crippen molar-refractivity contribution in [3.63, 3.8) is 0 Å². The molecule has 0 aliphatic carbocycles. The summed E-state index contributed by atoms with van der Waals surface area (Å²) >= 11 is 1.51. The largest absolute Gasteiger partial charge is 0.334 e. The zero-order chi connectivity index (χ0) is 21.6. The molecule has 4 rings (SSSR count). The second-order valence-electron chi connectivity index (χ2n) is 7.05. The summed E-state index contributed by atoms with van der Waals surface area (Å²) in [6, 6.07) is 24.2. The highest BCUT2D eigenvalue weighted by Gasteiger charge is 2.25. The SMILES string of the molecule is N#Cc1ccc(CNC(=O)Nc2ccc3c(c2)N(Cc2ccccc2)C(=O)CS3)cc1. The first-order chi connectivity index (χ1) is 15.1. The number of anilines is 2. The number of rotatable bonds is 5. The quantitative estimate of drug-likeness (QED) is 0.626. The van der Waals surface area contributed by atoms with Gasteiger partial charge in [-0.1, -0.05) is 42.5 Å². The van der Waals surface area contributed by atoms with Gasteiger partial charge < -0.3 is 15.5 Å². The van der Waals surface area contributed by atoms with E-state index in [0.717, 1.165) is 21.7 Å². The molecule has 0 spiro atoms. The molecule has 3 aromatic carbocycles. The highest BCUT2D eigenvalue weighted by atomic mass is 32.2. The molecule has 0 atom stereocenters. The average Bonchev–Trinajstić information content (AvgIpc) is 2.81. The lowest BCUT2D eigenvalue weighted by Gasteiger charge is -2.29. The molecule has 0 radical (unpaired) electrons. The number of nitriles is 1. The van der Waals surface area contributed by atoms with Crippen molar-refractivity contribution in [3.8, 4) is 6.07 Å². The second-order valence-corrected chi connectivity index (χ2v) is 8.07. The second kappa shape index (κ2) is 9.37. The van der Waals surface area contributed by atoms with E-state index in [0.29, 0.717) is 30.1 Å². The molecular formula is C24H20N4O2S. The molecule has 31 heavy (non-hydrogen) atoms. The van der Waals surface area contributed by atoms with Gasteiger partial charge in [-0.2, -0.15) is 5.26 Å². The summed E-state index contributed by atoms with van der Waals surface area (Å²) in [5, 5.41) is 14.5. The maximum absolute atomic E-state index is 12.6. The smallest absolute Gasteiger partial charge is 0.319 e. The first-order valence-electron chi connectivity index (χ1n) is 9.77. The number of thioether (sulfide) groups is 1. The van der Waals surface area contributed by atoms with Crippen molar-refractivity contribution in [3.05, 3.63) is 89.5 Å². The number of benzene rings is 3. The van der Waals surface area contributed by atoms with E-state index in [2.05, 4.69) is 16.7 Å². The number of carbonyl (C=O) groups excluding carboxylic acids is 2. The van der Waals surface area contributed by atoms with Crippen LogP contribution in [0.15, 0.2) is 77.7 Å². The molecule has 3 amide bonds. The van der Waals surface area contributed by atoms with Crippen LogP contribution in [0.5, 0.6) is 0 Å². The number of carbonyl (C=O) groups is 2. The summed E-state index contributed by atoms with van der Waals surface area (Å²) < 4.78 is 0. The topological polar surface area (TPSA) is 85.2 Å². The van der Waals surface area contributed by atoms with Gasteiger partial charge in [-0.25, -0.2) is 4.79 Å². The van der Waals surface area contributed by atoms with Crippen LogP contribution < -0.4 is 15.5 Å². The van der Waals surface area contributed by atoms with Crippen LogP contribution in [0.4, 0.5) is 16.2 Å². The Balaban J connectivity index is 1.44. The van der Waals surface area contributed by atoms with Crippen LogP contribution in [0.3, 0.4) is 0 Å². The monoisotopic (exact) mass is 428 g/mol. The van der Waals surface area contributed by atoms with Gasteiger partial charge in [-0.3, -0.25) is 4.79 Å². The molecule has 7 heteroatoms. The van der Waals surface area contributed by atoms with Crippen LogP contribution in [0.1, 0.15) is 16.7 Å². The molecule has 0 bridgehead atoms. The normalized spacial score (nSPS) is 12.6. The maximum Gasteiger partial charge on any atom is 0.319 e. The van der Waals surface area contributed by atoms with E-state index in [1.807, 2.05) is 60.7 Å². The molecule has 1 heterocycles. The molecule has 1 aliphatic rings. The van der Waals surface area contributed by atoms with Gasteiger partial charge in [-0.15, -0.1) is 11.8 Å². The number of nitrogens with one attached hydrogen (secondary N) is 2. The number of hydrogen-bond donors (Lipinski definition) is 2. The fourth-order valence-corrected chi connectivity index (χ4v) is 4.19. The highest BCUT2D eigenvalue weighted by molar-refractivity contribution is 8.00. The third kappa shape index (κ3) is 5.05. The third-order valence-corrected chi connectivity index (χ3v) is 5.93. The van der Waals surface area contributed by atoms with E-state index in [4.69, 9.17) is 5.26 Å². The third-order valence-electron chi connectivity index (χ3n) is 4.88. The summed E-state index contributed by atoms with van der Waals surface area (Å²) in [7, 11) is 0. The highest BCUT2D eigenvalue weighted by Crippen LogP contribution is 2.38. The zero-order valence-electron chi connectivity index (χ0n) is 16.7. The Morgan fingerprint density at radius 3 is 2.55 bits per heavy atom. The number of fused-ring (bicyclic) bond motifs is 1. The molecule has 0 saturated carbocycles. The van der Waals surface area contributed by atoms with Crippen LogP contribution in [0.2, 0.25) is 0 Å². The van der Waals surface area contributed by atoms with E-state index in [1.165, 1.54) is 11.8 Å². The van der Waals surface area contributed by atoms with Gasteiger partial charge in [0.2, 0.25) is 5.91 Å². The van der Waals surface area contributed by atoms with Gasteiger partial charge in [0.15, 0.2) is 0 Å². The van der Waals surface area contributed by atoms with Crippen LogP contribution in [0, 0.1) is 11.3 Å². The molecule has 2 N–H and O–H groups in total. The molecule has 0 fully saturated rings. The maximum atomic E-state index is 12.6. The van der Waals surface area contributed by atoms with Gasteiger partial charge in [-0.05, 0) is 41.5 Å². The summed E-state index contributed by atoms with van der Waals surface area (Å²) in [5.74, 6) is 0.446. The van der Waals surface area contributed by atoms with E-state index < -0.39 is 0 Å². The van der Waals surface area contributed by atoms with Crippen LogP contribution in [-0.2, 0) is 17.9 Å². The first-order valence-corrected chi connectivity index (χ1v) is 10.8. The Bertz CT molecular complexity index is 1140.